The van der Waals surface area contributed by atoms with E-state index in [1.807, 2.05) is 12.2 Å². The van der Waals surface area contributed by atoms with Crippen molar-refractivity contribution < 1.29 is 0 Å². The van der Waals surface area contributed by atoms with Crippen LogP contribution in [0.3, 0.4) is 0 Å². The Balaban J connectivity index is 2.08. The van der Waals surface area contributed by atoms with Crippen LogP contribution in [0.1, 0.15) is 6.92 Å². The van der Waals surface area contributed by atoms with Crippen molar-refractivity contribution in [3.05, 3.63) is 89.1 Å². The van der Waals surface area contributed by atoms with E-state index in [2.05, 4.69) is 89.0 Å². The lowest BCUT2D eigenvalue weighted by atomic mass is 9.90. The Hall–Kier alpha value is -1.80. The molecule has 0 spiro atoms. The summed E-state index contributed by atoms with van der Waals surface area (Å²) in [4.78, 5) is 2.41. The van der Waals surface area contributed by atoms with Crippen molar-refractivity contribution in [2.45, 2.75) is 13.0 Å². The summed E-state index contributed by atoms with van der Waals surface area (Å²) in [6.45, 7) is 5.98. The van der Waals surface area contributed by atoms with E-state index in [0.717, 1.165) is 4.47 Å². The lowest BCUT2D eigenvalue weighted by molar-refractivity contribution is 0.683. The summed E-state index contributed by atoms with van der Waals surface area (Å²) in [7, 11) is 0. The maximum atomic E-state index is 3.78. The second-order valence-corrected chi connectivity index (χ2v) is 6.19. The van der Waals surface area contributed by atoms with E-state index < -0.39 is 0 Å². The van der Waals surface area contributed by atoms with Gasteiger partial charge in [-0.3, -0.25) is 0 Å². The minimum atomic E-state index is 0.355. The second-order valence-electron chi connectivity index (χ2n) is 5.27. The monoisotopic (exact) mass is 339 g/mol. The highest BCUT2D eigenvalue weighted by atomic mass is 79.9. The molecule has 1 aliphatic carbocycles. The standard InChI is InChI=1S/C19H18BrN/c1-3-4-10-17-14(2)21(16-9-7-8-15(20)13-16)19-12-6-5-11-18(17)19/h3-13,18-19H,1H2,2H3/b10-4-. The molecule has 1 aliphatic heterocycles. The van der Waals surface area contributed by atoms with Crippen LogP contribution < -0.4 is 4.90 Å². The zero-order valence-electron chi connectivity index (χ0n) is 12.0. The van der Waals surface area contributed by atoms with E-state index >= 15 is 0 Å². The van der Waals surface area contributed by atoms with Gasteiger partial charge in [-0.2, -0.15) is 0 Å². The molecule has 2 aliphatic rings. The predicted octanol–water partition coefficient (Wildman–Crippen LogP) is 5.40. The summed E-state index contributed by atoms with van der Waals surface area (Å²) in [5.41, 5.74) is 3.89. The molecule has 0 N–H and O–H groups in total. The molecule has 3 rings (SSSR count). The largest absolute Gasteiger partial charge is 0.337 e. The smallest absolute Gasteiger partial charge is 0.0626 e. The Morgan fingerprint density at radius 2 is 2.05 bits per heavy atom. The van der Waals surface area contributed by atoms with Gasteiger partial charge < -0.3 is 4.90 Å². The predicted molar refractivity (Wildman–Crippen MR) is 94.2 cm³/mol. The molecular weight excluding hydrogens is 322 g/mol. The van der Waals surface area contributed by atoms with Gasteiger partial charge in [0.1, 0.15) is 0 Å². The van der Waals surface area contributed by atoms with Crippen LogP contribution in [0, 0.1) is 5.92 Å². The third-order valence-corrected chi connectivity index (χ3v) is 4.53. The summed E-state index contributed by atoms with van der Waals surface area (Å²) in [5, 5.41) is 0. The number of allylic oxidation sites excluding steroid dienone is 6. The molecule has 0 radical (unpaired) electrons. The molecule has 2 unspecified atom stereocenters. The maximum absolute atomic E-state index is 3.78. The fourth-order valence-electron chi connectivity index (χ4n) is 3.13. The van der Waals surface area contributed by atoms with Crippen molar-refractivity contribution in [1.82, 2.24) is 0 Å². The maximum Gasteiger partial charge on any atom is 0.0626 e. The Morgan fingerprint density at radius 3 is 2.81 bits per heavy atom. The molecule has 1 aromatic carbocycles. The summed E-state index contributed by atoms with van der Waals surface area (Å²) in [5.74, 6) is 0.408. The van der Waals surface area contributed by atoms with E-state index in [0.29, 0.717) is 12.0 Å². The summed E-state index contributed by atoms with van der Waals surface area (Å²) < 4.78 is 1.11. The number of fused-ring (bicyclic) bond motifs is 1. The number of nitrogens with zero attached hydrogens (tertiary/aromatic N) is 1. The number of anilines is 1. The molecule has 2 atom stereocenters. The first-order valence-corrected chi connectivity index (χ1v) is 7.91. The fourth-order valence-corrected chi connectivity index (χ4v) is 3.52. The van der Waals surface area contributed by atoms with Crippen molar-refractivity contribution >= 4 is 21.6 Å². The molecule has 0 fully saturated rings. The molecule has 0 amide bonds. The molecule has 106 valence electrons. The number of hydrogen-bond acceptors (Lipinski definition) is 1. The Bertz CT molecular complexity index is 679. The molecule has 0 aromatic heterocycles. The van der Waals surface area contributed by atoms with E-state index in [1.54, 1.807) is 0 Å². The average Bonchev–Trinajstić information content (AvgIpc) is 2.77. The van der Waals surface area contributed by atoms with Crippen LogP contribution in [0.25, 0.3) is 0 Å². The number of hydrogen-bond donors (Lipinski definition) is 0. The first kappa shape index (κ1) is 14.2. The molecule has 0 saturated carbocycles. The van der Waals surface area contributed by atoms with Crippen LogP contribution in [0.4, 0.5) is 5.69 Å². The van der Waals surface area contributed by atoms with Crippen molar-refractivity contribution in [1.29, 1.82) is 0 Å². The van der Waals surface area contributed by atoms with Crippen molar-refractivity contribution in [3.63, 3.8) is 0 Å². The van der Waals surface area contributed by atoms with Crippen LogP contribution in [0.2, 0.25) is 0 Å². The third kappa shape index (κ3) is 2.56. The molecule has 1 nitrogen and oxygen atoms in total. The normalized spacial score (nSPS) is 24.0. The van der Waals surface area contributed by atoms with Crippen LogP contribution in [0.5, 0.6) is 0 Å². The van der Waals surface area contributed by atoms with Gasteiger partial charge >= 0.3 is 0 Å². The molecule has 1 aromatic rings. The van der Waals surface area contributed by atoms with Crippen molar-refractivity contribution in [2.75, 3.05) is 4.90 Å². The molecule has 21 heavy (non-hydrogen) atoms. The zero-order chi connectivity index (χ0) is 14.8. The number of rotatable bonds is 3. The minimum Gasteiger partial charge on any atom is -0.337 e. The second kappa shape index (κ2) is 5.90. The lowest BCUT2D eigenvalue weighted by Crippen LogP contribution is -2.32. The molecule has 2 heteroatoms. The summed E-state index contributed by atoms with van der Waals surface area (Å²) >= 11 is 3.57. The van der Waals surface area contributed by atoms with Crippen molar-refractivity contribution in [3.8, 4) is 0 Å². The summed E-state index contributed by atoms with van der Waals surface area (Å²) in [6.07, 6.45) is 14.9. The van der Waals surface area contributed by atoms with Crippen LogP contribution in [0.15, 0.2) is 89.1 Å². The number of halogens is 1. The van der Waals surface area contributed by atoms with Gasteiger partial charge in [0.05, 0.1) is 6.04 Å². The fraction of sp³-hybridized carbons (Fsp3) is 0.158. The van der Waals surface area contributed by atoms with Gasteiger partial charge in [0.25, 0.3) is 0 Å². The van der Waals surface area contributed by atoms with Crippen LogP contribution in [-0.4, -0.2) is 6.04 Å². The Kier molecular flexibility index (Phi) is 3.98. The summed E-state index contributed by atoms with van der Waals surface area (Å²) in [6, 6.07) is 8.84. The number of benzene rings is 1. The quantitative estimate of drug-likeness (QED) is 0.666. The molecule has 0 saturated heterocycles. The van der Waals surface area contributed by atoms with E-state index in [9.17, 15) is 0 Å². The van der Waals surface area contributed by atoms with Gasteiger partial charge in [-0.05, 0) is 30.7 Å². The van der Waals surface area contributed by atoms with E-state index in [1.165, 1.54) is 17.0 Å². The first-order valence-electron chi connectivity index (χ1n) is 7.12. The lowest BCUT2D eigenvalue weighted by Gasteiger charge is -2.30. The highest BCUT2D eigenvalue weighted by molar-refractivity contribution is 9.10. The van der Waals surface area contributed by atoms with Crippen molar-refractivity contribution in [2.24, 2.45) is 5.92 Å². The highest BCUT2D eigenvalue weighted by Crippen LogP contribution is 2.41. The van der Waals surface area contributed by atoms with Crippen LogP contribution >= 0.6 is 15.9 Å². The Labute approximate surface area is 134 Å². The SMILES string of the molecule is C=C/C=C\C1=C(C)N(c2cccc(Br)c2)C2C=CC=CC12. The average molecular weight is 340 g/mol. The Morgan fingerprint density at radius 1 is 1.24 bits per heavy atom. The molecule has 0 bridgehead atoms. The molecular formula is C19H18BrN. The highest BCUT2D eigenvalue weighted by Gasteiger charge is 2.36. The van der Waals surface area contributed by atoms with E-state index in [4.69, 9.17) is 0 Å². The third-order valence-electron chi connectivity index (χ3n) is 4.04. The van der Waals surface area contributed by atoms with Gasteiger partial charge in [0.15, 0.2) is 0 Å². The topological polar surface area (TPSA) is 3.24 Å². The van der Waals surface area contributed by atoms with Gasteiger partial charge in [-0.1, -0.05) is 71.1 Å². The van der Waals surface area contributed by atoms with Gasteiger partial charge in [-0.25, -0.2) is 0 Å². The van der Waals surface area contributed by atoms with E-state index in [-0.39, 0.29) is 0 Å². The van der Waals surface area contributed by atoms with Crippen LogP contribution in [-0.2, 0) is 0 Å². The molecule has 1 heterocycles. The van der Waals surface area contributed by atoms with Gasteiger partial charge in [0, 0.05) is 21.8 Å². The minimum absolute atomic E-state index is 0.355. The first-order chi connectivity index (χ1) is 10.2. The zero-order valence-corrected chi connectivity index (χ0v) is 13.6. The van der Waals surface area contributed by atoms with Gasteiger partial charge in [0.2, 0.25) is 0 Å². The van der Waals surface area contributed by atoms with Gasteiger partial charge in [-0.15, -0.1) is 0 Å².